The molecule has 142 valence electrons. The first-order valence-corrected chi connectivity index (χ1v) is 10.7. The van der Waals surface area contributed by atoms with Gasteiger partial charge in [0.2, 0.25) is 15.9 Å². The van der Waals surface area contributed by atoms with Crippen LogP contribution in [-0.2, 0) is 21.4 Å². The standard InChI is InChI=1S/C17H18N4O4S2/c22-17(18-10-13-5-3-9-25-13)12-4-2-8-21(11-12)27(23,24)15-7-1-6-14-16(15)20-26-19-14/h1,3,5-7,9,12H,2,4,8,10-11H2,(H,18,22)/t12-/m0/s1. The van der Waals surface area contributed by atoms with E-state index in [-0.39, 0.29) is 17.3 Å². The lowest BCUT2D eigenvalue weighted by molar-refractivity contribution is -0.126. The van der Waals surface area contributed by atoms with E-state index in [0.717, 1.165) is 11.7 Å². The summed E-state index contributed by atoms with van der Waals surface area (Å²) in [6.07, 6.45) is 2.83. The van der Waals surface area contributed by atoms with Crippen LogP contribution in [0, 0.1) is 5.92 Å². The number of piperidine rings is 1. The molecule has 1 saturated heterocycles. The van der Waals surface area contributed by atoms with Gasteiger partial charge in [-0.1, -0.05) is 6.07 Å². The smallest absolute Gasteiger partial charge is 0.245 e. The molecule has 1 fully saturated rings. The van der Waals surface area contributed by atoms with Crippen molar-refractivity contribution in [3.05, 3.63) is 42.4 Å². The quantitative estimate of drug-likeness (QED) is 0.695. The summed E-state index contributed by atoms with van der Waals surface area (Å²) in [7, 11) is -3.74. The van der Waals surface area contributed by atoms with Gasteiger partial charge in [0.25, 0.3) is 0 Å². The van der Waals surface area contributed by atoms with Gasteiger partial charge in [-0.2, -0.15) is 13.1 Å². The highest BCUT2D eigenvalue weighted by Crippen LogP contribution is 2.28. The second-order valence-corrected chi connectivity index (χ2v) is 8.82. The van der Waals surface area contributed by atoms with Gasteiger partial charge >= 0.3 is 0 Å². The number of benzene rings is 1. The van der Waals surface area contributed by atoms with Gasteiger partial charge in [-0.3, -0.25) is 4.79 Å². The van der Waals surface area contributed by atoms with E-state index in [1.54, 1.807) is 36.6 Å². The Morgan fingerprint density at radius 2 is 2.19 bits per heavy atom. The Labute approximate surface area is 160 Å². The summed E-state index contributed by atoms with van der Waals surface area (Å²) >= 11 is 0.985. The zero-order chi connectivity index (χ0) is 18.9. The van der Waals surface area contributed by atoms with E-state index in [0.29, 0.717) is 42.7 Å². The van der Waals surface area contributed by atoms with Crippen LogP contribution >= 0.6 is 11.7 Å². The maximum absolute atomic E-state index is 13.1. The zero-order valence-corrected chi connectivity index (χ0v) is 16.0. The number of nitrogens with one attached hydrogen (secondary N) is 1. The molecule has 0 spiro atoms. The van der Waals surface area contributed by atoms with Crippen LogP contribution in [0.2, 0.25) is 0 Å². The highest BCUT2D eigenvalue weighted by Gasteiger charge is 2.34. The SMILES string of the molecule is O=C(NCc1ccco1)[C@H]1CCCN(S(=O)(=O)c2cccc3nsnc23)C1. The van der Waals surface area contributed by atoms with Gasteiger partial charge in [-0.25, -0.2) is 8.42 Å². The number of rotatable bonds is 5. The minimum Gasteiger partial charge on any atom is -0.467 e. The van der Waals surface area contributed by atoms with E-state index in [2.05, 4.69) is 14.1 Å². The van der Waals surface area contributed by atoms with Gasteiger partial charge < -0.3 is 9.73 Å². The van der Waals surface area contributed by atoms with Crippen LogP contribution in [0.4, 0.5) is 0 Å². The predicted octanol–water partition coefficient (Wildman–Crippen LogP) is 2.00. The maximum Gasteiger partial charge on any atom is 0.245 e. The molecule has 1 amide bonds. The second kappa shape index (κ2) is 7.37. The molecule has 10 heteroatoms. The summed E-state index contributed by atoms with van der Waals surface area (Å²) in [5.41, 5.74) is 0.942. The molecule has 1 aliphatic heterocycles. The number of carbonyl (C=O) groups excluding carboxylic acids is 1. The van der Waals surface area contributed by atoms with Crippen molar-refractivity contribution in [3.8, 4) is 0 Å². The molecule has 1 aliphatic rings. The number of hydrogen-bond donors (Lipinski definition) is 1. The van der Waals surface area contributed by atoms with Crippen molar-refractivity contribution in [1.29, 1.82) is 0 Å². The van der Waals surface area contributed by atoms with Gasteiger partial charge in [-0.05, 0) is 37.1 Å². The van der Waals surface area contributed by atoms with Crippen LogP contribution in [-0.4, -0.2) is 40.5 Å². The van der Waals surface area contributed by atoms with Gasteiger partial charge in [-0.15, -0.1) is 0 Å². The first kappa shape index (κ1) is 18.1. The molecule has 0 bridgehead atoms. The maximum atomic E-state index is 13.1. The lowest BCUT2D eigenvalue weighted by Gasteiger charge is -2.31. The Morgan fingerprint density at radius 1 is 1.30 bits per heavy atom. The summed E-state index contributed by atoms with van der Waals surface area (Å²) in [4.78, 5) is 12.6. The average Bonchev–Trinajstić information content (AvgIpc) is 3.37. The van der Waals surface area contributed by atoms with Gasteiger partial charge in [0, 0.05) is 13.1 Å². The van der Waals surface area contributed by atoms with Crippen molar-refractivity contribution in [2.24, 2.45) is 5.92 Å². The molecule has 4 rings (SSSR count). The number of hydrogen-bond acceptors (Lipinski definition) is 7. The molecule has 1 atom stereocenters. The van der Waals surface area contributed by atoms with Gasteiger partial charge in [0.1, 0.15) is 21.7 Å². The van der Waals surface area contributed by atoms with E-state index in [1.165, 1.54) is 4.31 Å². The highest BCUT2D eigenvalue weighted by atomic mass is 32.2. The Balaban J connectivity index is 1.50. The third kappa shape index (κ3) is 3.60. The molecule has 0 aliphatic carbocycles. The van der Waals surface area contributed by atoms with E-state index < -0.39 is 15.9 Å². The van der Waals surface area contributed by atoms with Crippen LogP contribution in [0.1, 0.15) is 18.6 Å². The second-order valence-electron chi connectivity index (χ2n) is 6.39. The summed E-state index contributed by atoms with van der Waals surface area (Å²) in [6, 6.07) is 8.47. The molecule has 0 saturated carbocycles. The molecular weight excluding hydrogens is 388 g/mol. The third-order valence-electron chi connectivity index (χ3n) is 4.64. The molecule has 27 heavy (non-hydrogen) atoms. The van der Waals surface area contributed by atoms with Crippen molar-refractivity contribution in [3.63, 3.8) is 0 Å². The monoisotopic (exact) mass is 406 g/mol. The van der Waals surface area contributed by atoms with Crippen molar-refractivity contribution in [2.45, 2.75) is 24.3 Å². The summed E-state index contributed by atoms with van der Waals surface area (Å²) in [6.45, 7) is 0.831. The molecule has 1 N–H and O–H groups in total. The van der Waals surface area contributed by atoms with Crippen LogP contribution in [0.5, 0.6) is 0 Å². The van der Waals surface area contributed by atoms with Crippen LogP contribution in [0.3, 0.4) is 0 Å². The zero-order valence-electron chi connectivity index (χ0n) is 14.4. The van der Waals surface area contributed by atoms with Crippen LogP contribution < -0.4 is 5.32 Å². The fourth-order valence-corrected chi connectivity index (χ4v) is 5.51. The summed E-state index contributed by atoms with van der Waals surface area (Å²) < 4.78 is 41.1. The van der Waals surface area contributed by atoms with Crippen molar-refractivity contribution < 1.29 is 17.6 Å². The Kier molecular flexibility index (Phi) is 4.94. The number of aromatic nitrogens is 2. The normalized spacial score (nSPS) is 18.6. The first-order chi connectivity index (χ1) is 13.1. The first-order valence-electron chi connectivity index (χ1n) is 8.57. The van der Waals surface area contributed by atoms with Gasteiger partial charge in [0.15, 0.2) is 0 Å². The van der Waals surface area contributed by atoms with E-state index in [1.807, 2.05) is 0 Å². The number of carbonyl (C=O) groups is 1. The minimum atomic E-state index is -3.74. The molecule has 0 unspecified atom stereocenters. The fourth-order valence-electron chi connectivity index (χ4n) is 3.24. The Hall–Kier alpha value is -2.30. The number of sulfonamides is 1. The number of fused-ring (bicyclic) bond motifs is 1. The van der Waals surface area contributed by atoms with E-state index >= 15 is 0 Å². The average molecular weight is 406 g/mol. The van der Waals surface area contributed by atoms with Crippen molar-refractivity contribution in [2.75, 3.05) is 13.1 Å². The molecule has 0 radical (unpaired) electrons. The van der Waals surface area contributed by atoms with Gasteiger partial charge in [0.05, 0.1) is 30.5 Å². The largest absolute Gasteiger partial charge is 0.467 e. The van der Waals surface area contributed by atoms with E-state index in [9.17, 15) is 13.2 Å². The molecule has 1 aromatic carbocycles. The van der Waals surface area contributed by atoms with Crippen LogP contribution in [0.15, 0.2) is 45.9 Å². The van der Waals surface area contributed by atoms with Crippen molar-refractivity contribution >= 4 is 38.7 Å². The number of nitrogens with zero attached hydrogens (tertiary/aromatic N) is 3. The molecule has 8 nitrogen and oxygen atoms in total. The third-order valence-corrected chi connectivity index (χ3v) is 7.08. The topological polar surface area (TPSA) is 105 Å². The lowest BCUT2D eigenvalue weighted by Crippen LogP contribution is -2.45. The summed E-state index contributed by atoms with van der Waals surface area (Å²) in [5.74, 6) is 0.0995. The Morgan fingerprint density at radius 3 is 3.00 bits per heavy atom. The fraction of sp³-hybridized carbons (Fsp3) is 0.353. The molecule has 3 aromatic rings. The number of amides is 1. The van der Waals surface area contributed by atoms with Crippen molar-refractivity contribution in [1.82, 2.24) is 18.4 Å². The molecule has 3 heterocycles. The summed E-state index contributed by atoms with van der Waals surface area (Å²) in [5, 5.41) is 2.82. The minimum absolute atomic E-state index is 0.144. The van der Waals surface area contributed by atoms with E-state index in [4.69, 9.17) is 4.42 Å². The predicted molar refractivity (Wildman–Crippen MR) is 99.5 cm³/mol. The molecular formula is C17H18N4O4S2. The molecule has 2 aromatic heterocycles. The lowest BCUT2D eigenvalue weighted by atomic mass is 9.99. The van der Waals surface area contributed by atoms with Crippen LogP contribution in [0.25, 0.3) is 11.0 Å². The number of furan rings is 1. The Bertz CT molecular complexity index is 1050. The highest BCUT2D eigenvalue weighted by molar-refractivity contribution is 7.89.